The Labute approximate surface area is 179 Å². The second-order valence-corrected chi connectivity index (χ2v) is 8.07. The van der Waals surface area contributed by atoms with E-state index in [9.17, 15) is 9.59 Å². The SMILES string of the molecule is O=C(c1cc2ccccc2oc1=O)N(CC[NH+]1CCCC1)Cc1cccc2c1OCO2. The van der Waals surface area contributed by atoms with Gasteiger partial charge in [-0.2, -0.15) is 0 Å². The average Bonchev–Trinajstić information content (AvgIpc) is 3.48. The molecule has 3 heterocycles. The molecular formula is C24H25N2O5+. The first-order valence-electron chi connectivity index (χ1n) is 10.7. The van der Waals surface area contributed by atoms with E-state index in [-0.39, 0.29) is 18.3 Å². The lowest BCUT2D eigenvalue weighted by Crippen LogP contribution is -3.10. The number of carbonyl (C=O) groups excluding carboxylic acids is 1. The minimum Gasteiger partial charge on any atom is -0.454 e. The number of para-hydroxylation sites is 2. The second-order valence-electron chi connectivity index (χ2n) is 8.07. The highest BCUT2D eigenvalue weighted by Gasteiger charge is 2.26. The van der Waals surface area contributed by atoms with E-state index in [4.69, 9.17) is 13.9 Å². The van der Waals surface area contributed by atoms with Crippen molar-refractivity contribution in [3.63, 3.8) is 0 Å². The number of hydrogen-bond acceptors (Lipinski definition) is 5. The van der Waals surface area contributed by atoms with Crippen LogP contribution in [0.1, 0.15) is 28.8 Å². The molecule has 0 bridgehead atoms. The van der Waals surface area contributed by atoms with Crippen LogP contribution in [0.5, 0.6) is 11.5 Å². The zero-order valence-electron chi connectivity index (χ0n) is 17.3. The van der Waals surface area contributed by atoms with Crippen molar-refractivity contribution in [3.05, 3.63) is 70.1 Å². The lowest BCUT2D eigenvalue weighted by molar-refractivity contribution is -0.886. The molecule has 160 valence electrons. The van der Waals surface area contributed by atoms with E-state index >= 15 is 0 Å². The van der Waals surface area contributed by atoms with Crippen LogP contribution in [0.3, 0.4) is 0 Å². The van der Waals surface area contributed by atoms with Crippen LogP contribution in [0.15, 0.2) is 57.7 Å². The molecular weight excluding hydrogens is 396 g/mol. The van der Waals surface area contributed by atoms with E-state index in [0.29, 0.717) is 30.2 Å². The van der Waals surface area contributed by atoms with Crippen LogP contribution >= 0.6 is 0 Å². The van der Waals surface area contributed by atoms with Crippen molar-refractivity contribution in [1.82, 2.24) is 4.90 Å². The highest BCUT2D eigenvalue weighted by Crippen LogP contribution is 2.36. The number of fused-ring (bicyclic) bond motifs is 2. The second kappa shape index (κ2) is 8.43. The molecule has 2 aliphatic heterocycles. The smallest absolute Gasteiger partial charge is 0.349 e. The Balaban J connectivity index is 1.46. The van der Waals surface area contributed by atoms with Gasteiger partial charge in [-0.15, -0.1) is 0 Å². The maximum atomic E-state index is 13.5. The predicted molar refractivity (Wildman–Crippen MR) is 115 cm³/mol. The lowest BCUT2D eigenvalue weighted by Gasteiger charge is -2.24. The normalized spacial score (nSPS) is 15.5. The van der Waals surface area contributed by atoms with Crippen molar-refractivity contribution in [2.45, 2.75) is 19.4 Å². The minimum atomic E-state index is -0.611. The third kappa shape index (κ3) is 4.01. The van der Waals surface area contributed by atoms with Gasteiger partial charge in [0.05, 0.1) is 32.7 Å². The predicted octanol–water partition coefficient (Wildman–Crippen LogP) is 1.84. The number of amides is 1. The maximum absolute atomic E-state index is 13.5. The number of hydrogen-bond donors (Lipinski definition) is 1. The molecule has 5 rings (SSSR count). The van der Waals surface area contributed by atoms with Gasteiger partial charge in [0.2, 0.25) is 6.79 Å². The quantitative estimate of drug-likeness (QED) is 0.615. The highest BCUT2D eigenvalue weighted by atomic mass is 16.7. The lowest BCUT2D eigenvalue weighted by atomic mass is 10.1. The molecule has 1 aromatic heterocycles. The van der Waals surface area contributed by atoms with Crippen molar-refractivity contribution < 1.29 is 23.6 Å². The highest BCUT2D eigenvalue weighted by molar-refractivity contribution is 5.96. The van der Waals surface area contributed by atoms with Gasteiger partial charge in [-0.3, -0.25) is 4.79 Å². The first kappa shape index (κ1) is 19.6. The molecule has 1 N–H and O–H groups in total. The van der Waals surface area contributed by atoms with Crippen molar-refractivity contribution in [1.29, 1.82) is 0 Å². The van der Waals surface area contributed by atoms with Gasteiger partial charge in [0.15, 0.2) is 11.5 Å². The monoisotopic (exact) mass is 421 g/mol. The molecule has 2 aliphatic rings. The topological polar surface area (TPSA) is 73.4 Å². The van der Waals surface area contributed by atoms with E-state index in [1.165, 1.54) is 17.7 Å². The standard InChI is InChI=1S/C24H24N2O5/c27-23(19-14-17-6-1-2-8-20(17)31-24(19)28)26(13-12-25-10-3-4-11-25)15-18-7-5-9-21-22(18)30-16-29-21/h1-2,5-9,14H,3-4,10-13,15-16H2/p+1. The molecule has 0 saturated carbocycles. The number of likely N-dealkylation sites (tertiary alicyclic amines) is 1. The minimum absolute atomic E-state index is 0.0554. The van der Waals surface area contributed by atoms with Gasteiger partial charge in [-0.05, 0) is 18.2 Å². The van der Waals surface area contributed by atoms with Crippen LogP contribution in [0.25, 0.3) is 11.0 Å². The van der Waals surface area contributed by atoms with Crippen molar-refractivity contribution >= 4 is 16.9 Å². The van der Waals surface area contributed by atoms with E-state index < -0.39 is 5.63 Å². The van der Waals surface area contributed by atoms with Crippen LogP contribution in [-0.4, -0.2) is 43.8 Å². The van der Waals surface area contributed by atoms with E-state index in [1.54, 1.807) is 23.1 Å². The first-order valence-corrected chi connectivity index (χ1v) is 10.7. The Morgan fingerprint density at radius 3 is 2.74 bits per heavy atom. The van der Waals surface area contributed by atoms with Crippen LogP contribution in [0.2, 0.25) is 0 Å². The zero-order valence-corrected chi connectivity index (χ0v) is 17.3. The Kier molecular flexibility index (Phi) is 5.34. The number of benzene rings is 2. The number of rotatable bonds is 6. The Morgan fingerprint density at radius 2 is 1.87 bits per heavy atom. The summed E-state index contributed by atoms with van der Waals surface area (Å²) in [5, 5.41) is 0.730. The summed E-state index contributed by atoms with van der Waals surface area (Å²) in [6.45, 7) is 4.15. The summed E-state index contributed by atoms with van der Waals surface area (Å²) < 4.78 is 16.5. The van der Waals surface area contributed by atoms with E-state index in [1.807, 2.05) is 30.3 Å². The molecule has 0 aliphatic carbocycles. The zero-order chi connectivity index (χ0) is 21.2. The maximum Gasteiger partial charge on any atom is 0.349 e. The summed E-state index contributed by atoms with van der Waals surface area (Å²) in [6.07, 6.45) is 2.43. The number of carbonyl (C=O) groups is 1. The molecule has 2 aromatic carbocycles. The van der Waals surface area contributed by atoms with Gasteiger partial charge < -0.3 is 23.7 Å². The van der Waals surface area contributed by atoms with Crippen molar-refractivity contribution in [3.8, 4) is 11.5 Å². The Morgan fingerprint density at radius 1 is 1.03 bits per heavy atom. The molecule has 0 radical (unpaired) electrons. The number of quaternary nitrogens is 1. The summed E-state index contributed by atoms with van der Waals surface area (Å²) in [7, 11) is 0. The third-order valence-electron chi connectivity index (χ3n) is 6.04. The fraction of sp³-hybridized carbons (Fsp3) is 0.333. The van der Waals surface area contributed by atoms with E-state index in [2.05, 4.69) is 0 Å². The van der Waals surface area contributed by atoms with Crippen LogP contribution < -0.4 is 20.0 Å². The molecule has 0 unspecified atom stereocenters. The summed E-state index contributed by atoms with van der Waals surface area (Å²) in [6, 6.07) is 14.5. The molecule has 1 fully saturated rings. The number of ether oxygens (including phenoxy) is 2. The molecule has 7 heteroatoms. The van der Waals surface area contributed by atoms with Gasteiger partial charge in [0.1, 0.15) is 11.1 Å². The molecule has 0 spiro atoms. The number of nitrogens with one attached hydrogen (secondary N) is 1. The average molecular weight is 421 g/mol. The van der Waals surface area contributed by atoms with Crippen LogP contribution in [0, 0.1) is 0 Å². The van der Waals surface area contributed by atoms with Gasteiger partial charge in [-0.1, -0.05) is 30.3 Å². The summed E-state index contributed by atoms with van der Waals surface area (Å²) in [5.74, 6) is 1.02. The molecule has 31 heavy (non-hydrogen) atoms. The molecule has 1 amide bonds. The summed E-state index contributed by atoms with van der Waals surface area (Å²) >= 11 is 0. The van der Waals surface area contributed by atoms with Gasteiger partial charge >= 0.3 is 5.63 Å². The fourth-order valence-corrected chi connectivity index (χ4v) is 4.37. The number of nitrogens with zero attached hydrogens (tertiary/aromatic N) is 1. The summed E-state index contributed by atoms with van der Waals surface area (Å²) in [4.78, 5) is 29.3. The Bertz CT molecular complexity index is 1170. The van der Waals surface area contributed by atoms with Crippen molar-refractivity contribution in [2.24, 2.45) is 0 Å². The van der Waals surface area contributed by atoms with Gasteiger partial charge in [0.25, 0.3) is 5.91 Å². The van der Waals surface area contributed by atoms with Crippen LogP contribution in [0.4, 0.5) is 0 Å². The Hall–Kier alpha value is -3.32. The first-order chi connectivity index (χ1) is 15.2. The van der Waals surface area contributed by atoms with Crippen molar-refractivity contribution in [2.75, 3.05) is 33.0 Å². The molecule has 1 saturated heterocycles. The molecule has 0 atom stereocenters. The van der Waals surface area contributed by atoms with Gasteiger partial charge in [0, 0.05) is 23.8 Å². The van der Waals surface area contributed by atoms with Gasteiger partial charge in [-0.25, -0.2) is 4.79 Å². The molecule has 3 aromatic rings. The third-order valence-corrected chi connectivity index (χ3v) is 6.04. The van der Waals surface area contributed by atoms with Crippen LogP contribution in [-0.2, 0) is 6.54 Å². The largest absolute Gasteiger partial charge is 0.454 e. The fourth-order valence-electron chi connectivity index (χ4n) is 4.37. The van der Waals surface area contributed by atoms with E-state index in [0.717, 1.165) is 30.6 Å². The molecule has 7 nitrogen and oxygen atoms in total. The summed E-state index contributed by atoms with van der Waals surface area (Å²) in [5.41, 5.74) is 0.786.